The minimum atomic E-state index is 0.824. The Labute approximate surface area is 99.2 Å². The Kier molecular flexibility index (Phi) is 2.29. The molecular weight excluding hydrogens is 212 g/mol. The van der Waals surface area contributed by atoms with E-state index in [-0.39, 0.29) is 0 Å². The van der Waals surface area contributed by atoms with Gasteiger partial charge in [0.25, 0.3) is 5.82 Å². The zero-order valence-corrected chi connectivity index (χ0v) is 9.55. The maximum Gasteiger partial charge on any atom is 0.293 e. The van der Waals surface area contributed by atoms with Gasteiger partial charge in [0.2, 0.25) is 5.52 Å². The normalized spacial score (nSPS) is 10.6. The molecule has 0 saturated heterocycles. The van der Waals surface area contributed by atoms with Crippen molar-refractivity contribution < 1.29 is 9.57 Å². The molecule has 0 unspecified atom stereocenters. The van der Waals surface area contributed by atoms with E-state index in [1.807, 2.05) is 66.3 Å². The van der Waals surface area contributed by atoms with Crippen LogP contribution in [0, 0.1) is 6.92 Å². The topological polar surface area (TPSA) is 28.9 Å². The second-order valence-corrected chi connectivity index (χ2v) is 3.93. The van der Waals surface area contributed by atoms with Crippen molar-refractivity contribution >= 4 is 11.0 Å². The summed E-state index contributed by atoms with van der Waals surface area (Å²) < 4.78 is 1.81. The van der Waals surface area contributed by atoms with E-state index in [1.165, 1.54) is 0 Å². The summed E-state index contributed by atoms with van der Waals surface area (Å²) in [5.41, 5.74) is 2.11. The van der Waals surface area contributed by atoms with Crippen LogP contribution in [0.5, 0.6) is 5.75 Å². The smallest absolute Gasteiger partial charge is 0.293 e. The van der Waals surface area contributed by atoms with E-state index in [0.717, 1.165) is 22.6 Å². The summed E-state index contributed by atoms with van der Waals surface area (Å²) in [6, 6.07) is 17.8. The van der Waals surface area contributed by atoms with E-state index < -0.39 is 0 Å². The van der Waals surface area contributed by atoms with Crippen molar-refractivity contribution in [3.05, 3.63) is 60.4 Å². The first-order valence-corrected chi connectivity index (χ1v) is 5.57. The molecule has 0 bridgehead atoms. The van der Waals surface area contributed by atoms with Crippen molar-refractivity contribution in [3.63, 3.8) is 0 Å². The molecule has 0 saturated carbocycles. The molecule has 1 heterocycles. The van der Waals surface area contributed by atoms with Gasteiger partial charge in [0.15, 0.2) is 11.3 Å². The fraction of sp³-hybridized carbons (Fsp3) is 0.0714. The SMILES string of the molecule is Cc1[nH]c2ccccc2[n+]1Oc1ccccc1. The number of hydrogen-bond donors (Lipinski definition) is 1. The highest BCUT2D eigenvalue weighted by molar-refractivity contribution is 5.70. The number of nitrogens with one attached hydrogen (secondary N) is 1. The minimum absolute atomic E-state index is 0.824. The Bertz CT molecular complexity index is 644. The van der Waals surface area contributed by atoms with E-state index in [9.17, 15) is 0 Å². The van der Waals surface area contributed by atoms with Gasteiger partial charge in [-0.2, -0.15) is 0 Å². The van der Waals surface area contributed by atoms with Gasteiger partial charge in [-0.1, -0.05) is 30.3 Å². The van der Waals surface area contributed by atoms with Gasteiger partial charge in [-0.3, -0.25) is 4.84 Å². The summed E-state index contributed by atoms with van der Waals surface area (Å²) in [7, 11) is 0. The van der Waals surface area contributed by atoms with Gasteiger partial charge < -0.3 is 0 Å². The largest absolute Gasteiger partial charge is 0.296 e. The Balaban J connectivity index is 2.08. The average Bonchev–Trinajstić information content (AvgIpc) is 2.68. The van der Waals surface area contributed by atoms with Crippen LogP contribution in [-0.2, 0) is 0 Å². The lowest BCUT2D eigenvalue weighted by atomic mass is 10.3. The monoisotopic (exact) mass is 225 g/mol. The highest BCUT2D eigenvalue weighted by Crippen LogP contribution is 2.11. The van der Waals surface area contributed by atoms with Gasteiger partial charge in [-0.15, -0.1) is 0 Å². The van der Waals surface area contributed by atoms with Gasteiger partial charge in [0.1, 0.15) is 0 Å². The minimum Gasteiger partial charge on any atom is -0.296 e. The molecule has 3 rings (SSSR count). The van der Waals surface area contributed by atoms with Gasteiger partial charge >= 0.3 is 0 Å². The van der Waals surface area contributed by atoms with Crippen molar-refractivity contribution in [1.82, 2.24) is 4.98 Å². The van der Waals surface area contributed by atoms with Crippen LogP contribution < -0.4 is 9.57 Å². The number of aromatic nitrogens is 2. The van der Waals surface area contributed by atoms with Gasteiger partial charge in [0.05, 0.1) is 0 Å². The Hall–Kier alpha value is -2.29. The summed E-state index contributed by atoms with van der Waals surface area (Å²) >= 11 is 0. The molecule has 0 spiro atoms. The summed E-state index contributed by atoms with van der Waals surface area (Å²) in [6.07, 6.45) is 0. The molecule has 0 radical (unpaired) electrons. The second-order valence-electron chi connectivity index (χ2n) is 3.93. The number of aryl methyl sites for hydroxylation is 1. The molecule has 3 nitrogen and oxygen atoms in total. The highest BCUT2D eigenvalue weighted by Gasteiger charge is 2.16. The molecule has 0 aliphatic heterocycles. The lowest BCUT2D eigenvalue weighted by molar-refractivity contribution is -0.858. The molecule has 3 heteroatoms. The lowest BCUT2D eigenvalue weighted by Crippen LogP contribution is -2.41. The fourth-order valence-corrected chi connectivity index (χ4v) is 1.89. The van der Waals surface area contributed by atoms with Crippen molar-refractivity contribution in [2.45, 2.75) is 6.92 Å². The number of para-hydroxylation sites is 3. The molecule has 0 atom stereocenters. The number of hydrogen-bond acceptors (Lipinski definition) is 1. The van der Waals surface area contributed by atoms with Crippen LogP contribution in [0.15, 0.2) is 54.6 Å². The molecule has 1 aromatic heterocycles. The van der Waals surface area contributed by atoms with E-state index in [1.54, 1.807) is 0 Å². The second kappa shape index (κ2) is 3.94. The fourth-order valence-electron chi connectivity index (χ4n) is 1.89. The van der Waals surface area contributed by atoms with Gasteiger partial charge in [-0.25, -0.2) is 4.98 Å². The quantitative estimate of drug-likeness (QED) is 0.667. The zero-order valence-electron chi connectivity index (χ0n) is 9.55. The van der Waals surface area contributed by atoms with Crippen molar-refractivity contribution in [3.8, 4) is 5.75 Å². The number of H-pyrrole nitrogens is 1. The van der Waals surface area contributed by atoms with Crippen LogP contribution >= 0.6 is 0 Å². The standard InChI is InChI=1S/C14H12N2O/c1-11-15-13-9-5-6-10-14(13)16(11)17-12-7-3-2-4-8-12/h2-10H,1H3/p+1. The molecule has 0 aliphatic rings. The molecule has 0 amide bonds. The van der Waals surface area contributed by atoms with Crippen molar-refractivity contribution in [2.24, 2.45) is 0 Å². The first kappa shape index (κ1) is 9.90. The number of aromatic amines is 1. The zero-order chi connectivity index (χ0) is 11.7. The first-order chi connectivity index (χ1) is 8.34. The van der Waals surface area contributed by atoms with E-state index in [0.29, 0.717) is 0 Å². The molecule has 0 aliphatic carbocycles. The molecule has 2 aromatic carbocycles. The number of imidazole rings is 1. The molecular formula is C14H13N2O+. The Morgan fingerprint density at radius 1 is 0.941 bits per heavy atom. The Morgan fingerprint density at radius 2 is 1.65 bits per heavy atom. The molecule has 1 N–H and O–H groups in total. The Morgan fingerprint density at radius 3 is 2.47 bits per heavy atom. The lowest BCUT2D eigenvalue weighted by Gasteiger charge is -2.00. The molecule has 84 valence electrons. The van der Waals surface area contributed by atoms with Gasteiger partial charge in [-0.05, 0) is 29.0 Å². The van der Waals surface area contributed by atoms with E-state index >= 15 is 0 Å². The summed E-state index contributed by atoms with van der Waals surface area (Å²) in [5, 5.41) is 0. The molecule has 3 aromatic rings. The van der Waals surface area contributed by atoms with Crippen LogP contribution in [0.3, 0.4) is 0 Å². The predicted molar refractivity (Wildman–Crippen MR) is 65.7 cm³/mol. The maximum absolute atomic E-state index is 5.85. The number of rotatable bonds is 2. The third kappa shape index (κ3) is 1.76. The summed E-state index contributed by atoms with van der Waals surface area (Å²) in [6.45, 7) is 1.99. The molecule has 17 heavy (non-hydrogen) atoms. The molecule has 0 fully saturated rings. The number of benzene rings is 2. The number of nitrogens with zero attached hydrogens (tertiary/aromatic N) is 1. The third-order valence-electron chi connectivity index (χ3n) is 2.68. The summed E-state index contributed by atoms with van der Waals surface area (Å²) in [5.74, 6) is 1.79. The average molecular weight is 225 g/mol. The number of fused-ring (bicyclic) bond motifs is 1. The third-order valence-corrected chi connectivity index (χ3v) is 2.68. The predicted octanol–water partition coefficient (Wildman–Crippen LogP) is 2.61. The van der Waals surface area contributed by atoms with Crippen molar-refractivity contribution in [2.75, 3.05) is 0 Å². The van der Waals surface area contributed by atoms with Crippen LogP contribution in [-0.4, -0.2) is 4.98 Å². The maximum atomic E-state index is 5.85. The first-order valence-electron chi connectivity index (χ1n) is 5.57. The van der Waals surface area contributed by atoms with E-state index in [4.69, 9.17) is 4.84 Å². The van der Waals surface area contributed by atoms with Crippen LogP contribution in [0.4, 0.5) is 0 Å². The summed E-state index contributed by atoms with van der Waals surface area (Å²) in [4.78, 5) is 9.13. The van der Waals surface area contributed by atoms with E-state index in [2.05, 4.69) is 4.98 Å². The van der Waals surface area contributed by atoms with Gasteiger partial charge in [0, 0.05) is 6.92 Å². The van der Waals surface area contributed by atoms with Crippen molar-refractivity contribution in [1.29, 1.82) is 0 Å². The van der Waals surface area contributed by atoms with Crippen LogP contribution in [0.1, 0.15) is 5.82 Å². The highest BCUT2D eigenvalue weighted by atomic mass is 16.7. The van der Waals surface area contributed by atoms with Crippen LogP contribution in [0.25, 0.3) is 11.0 Å². The van der Waals surface area contributed by atoms with Crippen LogP contribution in [0.2, 0.25) is 0 Å².